The van der Waals surface area contributed by atoms with Gasteiger partial charge in [-0.2, -0.15) is 13.2 Å². The van der Waals surface area contributed by atoms with Gasteiger partial charge >= 0.3 is 6.18 Å². The summed E-state index contributed by atoms with van der Waals surface area (Å²) < 4.78 is 41.9. The van der Waals surface area contributed by atoms with Crippen molar-refractivity contribution in [1.29, 1.82) is 0 Å². The molecular formula is C16H24F3NO. The lowest BCUT2D eigenvalue weighted by molar-refractivity contribution is -0.136. The molecule has 0 saturated heterocycles. The largest absolute Gasteiger partial charge is 0.493 e. The van der Waals surface area contributed by atoms with E-state index in [0.717, 1.165) is 24.9 Å². The Kier molecular flexibility index (Phi) is 7.57. The summed E-state index contributed by atoms with van der Waals surface area (Å²) in [6.45, 7) is 5.16. The normalized spacial score (nSPS) is 13.2. The highest BCUT2D eigenvalue weighted by atomic mass is 19.4. The van der Waals surface area contributed by atoms with Gasteiger partial charge in [0.15, 0.2) is 0 Å². The summed E-state index contributed by atoms with van der Waals surface area (Å²) in [7, 11) is 0. The number of hydrogen-bond acceptors (Lipinski definition) is 2. The van der Waals surface area contributed by atoms with E-state index in [1.165, 1.54) is 0 Å². The van der Waals surface area contributed by atoms with E-state index in [0.29, 0.717) is 5.75 Å². The van der Waals surface area contributed by atoms with Crippen LogP contribution in [0.4, 0.5) is 13.2 Å². The first-order chi connectivity index (χ1) is 9.98. The van der Waals surface area contributed by atoms with Crippen LogP contribution in [-0.2, 0) is 0 Å². The molecule has 2 nitrogen and oxygen atoms in total. The number of nitrogens with one attached hydrogen (secondary N) is 1. The maximum atomic E-state index is 12.1. The molecule has 5 heteroatoms. The van der Waals surface area contributed by atoms with E-state index in [4.69, 9.17) is 4.74 Å². The second kappa shape index (κ2) is 8.93. The molecule has 0 aromatic heterocycles. The minimum Gasteiger partial charge on any atom is -0.493 e. The smallest absolute Gasteiger partial charge is 0.389 e. The molecule has 0 aliphatic heterocycles. The van der Waals surface area contributed by atoms with Gasteiger partial charge in [-0.15, -0.1) is 0 Å². The van der Waals surface area contributed by atoms with Gasteiger partial charge in [-0.1, -0.05) is 32.0 Å². The number of alkyl halides is 3. The summed E-state index contributed by atoms with van der Waals surface area (Å²) in [5, 5.41) is 3.43. The Balaban J connectivity index is 2.61. The third-order valence-electron chi connectivity index (χ3n) is 3.21. The Morgan fingerprint density at radius 1 is 1.19 bits per heavy atom. The molecule has 1 rings (SSSR count). The lowest BCUT2D eigenvalue weighted by Gasteiger charge is -2.20. The zero-order valence-corrected chi connectivity index (χ0v) is 12.7. The van der Waals surface area contributed by atoms with Crippen LogP contribution in [-0.4, -0.2) is 19.3 Å². The van der Waals surface area contributed by atoms with Crippen molar-refractivity contribution in [3.05, 3.63) is 29.8 Å². The number of halogens is 3. The Morgan fingerprint density at radius 2 is 1.90 bits per heavy atom. The molecule has 0 radical (unpaired) electrons. The Labute approximate surface area is 124 Å². The molecule has 1 unspecified atom stereocenters. The fourth-order valence-corrected chi connectivity index (χ4v) is 2.15. The predicted molar refractivity (Wildman–Crippen MR) is 78.6 cm³/mol. The zero-order chi connectivity index (χ0) is 15.7. The maximum absolute atomic E-state index is 12.1. The minimum absolute atomic E-state index is 0.0169. The first-order valence-electron chi connectivity index (χ1n) is 7.49. The molecule has 0 spiro atoms. The topological polar surface area (TPSA) is 21.3 Å². The fraction of sp³-hybridized carbons (Fsp3) is 0.625. The van der Waals surface area contributed by atoms with E-state index in [-0.39, 0.29) is 19.1 Å². The van der Waals surface area contributed by atoms with Gasteiger partial charge in [0.2, 0.25) is 0 Å². The van der Waals surface area contributed by atoms with Crippen molar-refractivity contribution in [3.8, 4) is 5.75 Å². The molecule has 1 aromatic rings. The number of para-hydroxylation sites is 1. The van der Waals surface area contributed by atoms with Gasteiger partial charge in [0.05, 0.1) is 6.61 Å². The summed E-state index contributed by atoms with van der Waals surface area (Å²) in [4.78, 5) is 0. The zero-order valence-electron chi connectivity index (χ0n) is 12.7. The minimum atomic E-state index is -4.11. The van der Waals surface area contributed by atoms with Crippen LogP contribution in [0, 0.1) is 0 Å². The molecule has 1 aromatic carbocycles. The molecule has 1 atom stereocenters. The van der Waals surface area contributed by atoms with E-state index in [1.54, 1.807) is 0 Å². The van der Waals surface area contributed by atoms with Crippen LogP contribution < -0.4 is 10.1 Å². The first kappa shape index (κ1) is 17.8. The number of benzene rings is 1. The van der Waals surface area contributed by atoms with Gasteiger partial charge in [-0.3, -0.25) is 0 Å². The van der Waals surface area contributed by atoms with Crippen molar-refractivity contribution in [2.45, 2.75) is 51.7 Å². The second-order valence-corrected chi connectivity index (χ2v) is 5.02. The van der Waals surface area contributed by atoms with Crippen molar-refractivity contribution < 1.29 is 17.9 Å². The second-order valence-electron chi connectivity index (χ2n) is 5.02. The van der Waals surface area contributed by atoms with Crippen LogP contribution in [0.3, 0.4) is 0 Å². The number of rotatable bonds is 9. The average Bonchev–Trinajstić information content (AvgIpc) is 2.44. The molecule has 0 fully saturated rings. The highest BCUT2D eigenvalue weighted by Crippen LogP contribution is 2.28. The van der Waals surface area contributed by atoms with Crippen molar-refractivity contribution in [2.24, 2.45) is 0 Å². The standard InChI is InChI=1S/C16H24F3NO/c1-3-11-20-14(4-2)13-8-5-6-9-15(13)21-12-7-10-16(17,18)19/h5-6,8-9,14,20H,3-4,7,10-12H2,1-2H3. The molecule has 0 heterocycles. The van der Waals surface area contributed by atoms with E-state index in [9.17, 15) is 13.2 Å². The molecule has 0 aliphatic rings. The third-order valence-corrected chi connectivity index (χ3v) is 3.21. The first-order valence-corrected chi connectivity index (χ1v) is 7.49. The van der Waals surface area contributed by atoms with Crippen LogP contribution in [0.15, 0.2) is 24.3 Å². The van der Waals surface area contributed by atoms with E-state index in [1.807, 2.05) is 24.3 Å². The monoisotopic (exact) mass is 303 g/mol. The Morgan fingerprint density at radius 3 is 2.52 bits per heavy atom. The highest BCUT2D eigenvalue weighted by Gasteiger charge is 2.26. The van der Waals surface area contributed by atoms with Crippen LogP contribution in [0.1, 0.15) is 51.1 Å². The Bertz CT molecular complexity index is 407. The van der Waals surface area contributed by atoms with Gasteiger partial charge < -0.3 is 10.1 Å². The molecule has 0 amide bonds. The lowest BCUT2D eigenvalue weighted by atomic mass is 10.0. The van der Waals surface area contributed by atoms with Crippen LogP contribution >= 0.6 is 0 Å². The van der Waals surface area contributed by atoms with Gasteiger partial charge in [0.25, 0.3) is 0 Å². The summed E-state index contributed by atoms with van der Waals surface area (Å²) in [5.74, 6) is 0.676. The van der Waals surface area contributed by atoms with E-state index in [2.05, 4.69) is 19.2 Å². The van der Waals surface area contributed by atoms with E-state index < -0.39 is 12.6 Å². The average molecular weight is 303 g/mol. The molecule has 0 aliphatic carbocycles. The summed E-state index contributed by atoms with van der Waals surface area (Å²) in [6, 6.07) is 7.72. The molecule has 21 heavy (non-hydrogen) atoms. The van der Waals surface area contributed by atoms with Crippen LogP contribution in [0.5, 0.6) is 5.75 Å². The predicted octanol–water partition coefficient (Wildman–Crippen LogP) is 4.86. The van der Waals surface area contributed by atoms with Gasteiger partial charge in [-0.05, 0) is 31.9 Å². The molecule has 1 N–H and O–H groups in total. The third kappa shape index (κ3) is 6.85. The molecule has 120 valence electrons. The van der Waals surface area contributed by atoms with Crippen molar-refractivity contribution in [3.63, 3.8) is 0 Å². The van der Waals surface area contributed by atoms with Crippen molar-refractivity contribution in [1.82, 2.24) is 5.32 Å². The number of hydrogen-bond donors (Lipinski definition) is 1. The van der Waals surface area contributed by atoms with Crippen LogP contribution in [0.25, 0.3) is 0 Å². The number of ether oxygens (including phenoxy) is 1. The van der Waals surface area contributed by atoms with Crippen molar-refractivity contribution >= 4 is 0 Å². The summed E-state index contributed by atoms with van der Waals surface area (Å²) >= 11 is 0. The quantitative estimate of drug-likeness (QED) is 0.658. The fourth-order valence-electron chi connectivity index (χ4n) is 2.15. The molecule has 0 saturated carbocycles. The van der Waals surface area contributed by atoms with Gasteiger partial charge in [0.1, 0.15) is 5.75 Å². The lowest BCUT2D eigenvalue weighted by Crippen LogP contribution is -2.22. The van der Waals surface area contributed by atoms with Gasteiger partial charge in [0, 0.05) is 18.0 Å². The SMILES string of the molecule is CCCNC(CC)c1ccccc1OCCCC(F)(F)F. The highest BCUT2D eigenvalue weighted by molar-refractivity contribution is 5.35. The van der Waals surface area contributed by atoms with Gasteiger partial charge in [-0.25, -0.2) is 0 Å². The van der Waals surface area contributed by atoms with Crippen LogP contribution in [0.2, 0.25) is 0 Å². The van der Waals surface area contributed by atoms with E-state index >= 15 is 0 Å². The molecule has 0 bridgehead atoms. The maximum Gasteiger partial charge on any atom is 0.389 e. The summed E-state index contributed by atoms with van der Waals surface area (Å²) in [6.07, 6.45) is -3.00. The molecular weight excluding hydrogens is 279 g/mol. The van der Waals surface area contributed by atoms with Crippen molar-refractivity contribution in [2.75, 3.05) is 13.2 Å². The summed E-state index contributed by atoms with van der Waals surface area (Å²) in [5.41, 5.74) is 1.01. The Hall–Kier alpha value is -1.23.